The molecular weight excluding hydrogens is 542 g/mol. The zero-order valence-corrected chi connectivity index (χ0v) is 22.0. The highest BCUT2D eigenvalue weighted by Crippen LogP contribution is 2.40. The van der Waals surface area contributed by atoms with Crippen LogP contribution in [-0.2, 0) is 16.1 Å². The number of hydrogen-bond acceptors (Lipinski definition) is 5. The highest BCUT2D eigenvalue weighted by molar-refractivity contribution is 6.06. The highest BCUT2D eigenvalue weighted by Gasteiger charge is 2.42. The highest BCUT2D eigenvalue weighted by atomic mass is 19.4. The van der Waals surface area contributed by atoms with E-state index in [2.05, 4.69) is 16.0 Å². The van der Waals surface area contributed by atoms with Crippen LogP contribution < -0.4 is 16.0 Å². The number of hydrogen-bond donors (Lipinski definition) is 3. The normalized spacial score (nSPS) is 25.6. The van der Waals surface area contributed by atoms with Crippen molar-refractivity contribution in [2.45, 2.75) is 107 Å². The molecule has 13 heteroatoms. The first-order valence-corrected chi connectivity index (χ1v) is 13.7. The Bertz CT molecular complexity index is 1100. The van der Waals surface area contributed by atoms with E-state index in [9.17, 15) is 40.7 Å². The maximum Gasteiger partial charge on any atom is 0.390 e. The van der Waals surface area contributed by atoms with Gasteiger partial charge in [-0.1, -0.05) is 12.5 Å². The molecule has 0 radical (unpaired) electrons. The molecule has 0 aromatic heterocycles. The summed E-state index contributed by atoms with van der Waals surface area (Å²) in [6, 6.07) is 4.25. The first-order chi connectivity index (χ1) is 18.8. The zero-order valence-electron chi connectivity index (χ0n) is 22.0. The standard InChI is InChI=1S/C27H34F6N4O3/c28-26(29,30)11-2-1-10-25(12-8-17(9-13-25)34-15-14-27(31,32)33)36-20-5-3-4-18-19(20)16-37(24(18)40)21-6-7-22(38)35-23(21)39/h3-5,17,21,34,36H,1-2,6-16H2,(H,35,38,39). The summed E-state index contributed by atoms with van der Waals surface area (Å²) in [5, 5.41) is 8.76. The Morgan fingerprint density at radius 1 is 0.950 bits per heavy atom. The minimum Gasteiger partial charge on any atom is -0.379 e. The number of rotatable bonds is 10. The largest absolute Gasteiger partial charge is 0.390 e. The molecule has 4 rings (SSSR count). The van der Waals surface area contributed by atoms with Crippen molar-refractivity contribution in [3.05, 3.63) is 29.3 Å². The molecule has 2 heterocycles. The quantitative estimate of drug-likeness (QED) is 0.202. The first kappa shape index (κ1) is 30.1. The van der Waals surface area contributed by atoms with Gasteiger partial charge in [0.2, 0.25) is 11.8 Å². The molecule has 1 unspecified atom stereocenters. The number of fused-ring (bicyclic) bond motifs is 1. The Balaban J connectivity index is 1.47. The van der Waals surface area contributed by atoms with Gasteiger partial charge in [0, 0.05) is 54.3 Å². The van der Waals surface area contributed by atoms with Gasteiger partial charge in [0.15, 0.2) is 0 Å². The van der Waals surface area contributed by atoms with Crippen LogP contribution in [0.4, 0.5) is 32.0 Å². The van der Waals surface area contributed by atoms with Crippen molar-refractivity contribution in [1.29, 1.82) is 0 Å². The third kappa shape index (κ3) is 7.67. The van der Waals surface area contributed by atoms with Gasteiger partial charge in [0.1, 0.15) is 6.04 Å². The number of carbonyl (C=O) groups is 3. The van der Waals surface area contributed by atoms with Crippen molar-refractivity contribution in [1.82, 2.24) is 15.5 Å². The van der Waals surface area contributed by atoms with Gasteiger partial charge in [-0.25, -0.2) is 0 Å². The Morgan fingerprint density at radius 3 is 2.30 bits per heavy atom. The summed E-state index contributed by atoms with van der Waals surface area (Å²) in [6.07, 6.45) is -7.07. The summed E-state index contributed by atoms with van der Waals surface area (Å²) in [7, 11) is 0. The number of halogens is 6. The maximum absolute atomic E-state index is 13.2. The van der Waals surface area contributed by atoms with Crippen molar-refractivity contribution in [3.63, 3.8) is 0 Å². The van der Waals surface area contributed by atoms with E-state index in [0.29, 0.717) is 55.3 Å². The molecule has 222 valence electrons. The van der Waals surface area contributed by atoms with Crippen LogP contribution in [0.3, 0.4) is 0 Å². The number of nitrogens with one attached hydrogen (secondary N) is 3. The van der Waals surface area contributed by atoms with Gasteiger partial charge in [0.05, 0.1) is 6.42 Å². The lowest BCUT2D eigenvalue weighted by Crippen LogP contribution is -2.52. The van der Waals surface area contributed by atoms with E-state index in [4.69, 9.17) is 0 Å². The number of piperidine rings is 1. The molecule has 2 fully saturated rings. The lowest BCUT2D eigenvalue weighted by molar-refractivity contribution is -0.137. The van der Waals surface area contributed by atoms with E-state index >= 15 is 0 Å². The van der Waals surface area contributed by atoms with Crippen molar-refractivity contribution >= 4 is 23.4 Å². The lowest BCUT2D eigenvalue weighted by Gasteiger charge is -2.42. The molecule has 7 nitrogen and oxygen atoms in total. The molecule has 0 spiro atoms. The first-order valence-electron chi connectivity index (χ1n) is 13.7. The van der Waals surface area contributed by atoms with Gasteiger partial charge in [-0.2, -0.15) is 26.3 Å². The van der Waals surface area contributed by atoms with E-state index in [0.717, 1.165) is 0 Å². The van der Waals surface area contributed by atoms with E-state index in [-0.39, 0.29) is 50.2 Å². The monoisotopic (exact) mass is 576 g/mol. The summed E-state index contributed by atoms with van der Waals surface area (Å²) in [5.74, 6) is -1.24. The van der Waals surface area contributed by atoms with Crippen molar-refractivity contribution in [3.8, 4) is 0 Å². The van der Waals surface area contributed by atoms with E-state index in [1.807, 2.05) is 0 Å². The number of nitrogens with zero attached hydrogens (tertiary/aromatic N) is 1. The number of alkyl halides is 6. The third-order valence-corrected chi connectivity index (χ3v) is 8.13. The van der Waals surface area contributed by atoms with Crippen molar-refractivity contribution in [2.75, 3.05) is 11.9 Å². The predicted octanol–water partition coefficient (Wildman–Crippen LogP) is 5.21. The lowest BCUT2D eigenvalue weighted by atomic mass is 9.75. The molecule has 3 amide bonds. The summed E-state index contributed by atoms with van der Waals surface area (Å²) >= 11 is 0. The molecule has 3 aliphatic rings. The molecule has 3 N–H and O–H groups in total. The Labute approximate surface area is 228 Å². The summed E-state index contributed by atoms with van der Waals surface area (Å²) in [5.41, 5.74) is 1.16. The molecule has 1 aromatic carbocycles. The van der Waals surface area contributed by atoms with Gasteiger partial charge in [-0.15, -0.1) is 0 Å². The van der Waals surface area contributed by atoms with Crippen LogP contribution in [0.2, 0.25) is 0 Å². The SMILES string of the molecule is O=C1CCC(N2Cc3c(NC4(CCCCC(F)(F)F)CCC(NCCC(F)(F)F)CC4)cccc3C2=O)C(=O)N1. The third-order valence-electron chi connectivity index (χ3n) is 8.13. The molecule has 0 bridgehead atoms. The van der Waals surface area contributed by atoms with Crippen LogP contribution in [0.25, 0.3) is 0 Å². The van der Waals surface area contributed by atoms with Gasteiger partial charge in [-0.05, 0) is 57.1 Å². The van der Waals surface area contributed by atoms with Gasteiger partial charge in [-0.3, -0.25) is 19.7 Å². The second-order valence-electron chi connectivity index (χ2n) is 11.1. The Hall–Kier alpha value is -2.83. The van der Waals surface area contributed by atoms with Crippen LogP contribution in [-0.4, -0.2) is 59.1 Å². The number of imide groups is 1. The average Bonchev–Trinajstić information content (AvgIpc) is 3.19. The number of benzene rings is 1. The van der Waals surface area contributed by atoms with Gasteiger partial charge < -0.3 is 15.5 Å². The van der Waals surface area contributed by atoms with E-state index < -0.39 is 42.7 Å². The fraction of sp³-hybridized carbons (Fsp3) is 0.667. The van der Waals surface area contributed by atoms with Crippen LogP contribution >= 0.6 is 0 Å². The fourth-order valence-electron chi connectivity index (χ4n) is 6.01. The van der Waals surface area contributed by atoms with Crippen molar-refractivity contribution in [2.24, 2.45) is 0 Å². The number of unbranched alkanes of at least 4 members (excludes halogenated alkanes) is 1. The minimum absolute atomic E-state index is 0.0329. The molecule has 1 saturated heterocycles. The fourth-order valence-corrected chi connectivity index (χ4v) is 6.01. The van der Waals surface area contributed by atoms with Crippen LogP contribution in [0.1, 0.15) is 86.6 Å². The van der Waals surface area contributed by atoms with E-state index in [1.54, 1.807) is 18.2 Å². The van der Waals surface area contributed by atoms with Crippen LogP contribution in [0.15, 0.2) is 18.2 Å². The molecule has 1 aliphatic carbocycles. The number of anilines is 1. The van der Waals surface area contributed by atoms with E-state index in [1.165, 1.54) is 4.90 Å². The predicted molar refractivity (Wildman–Crippen MR) is 134 cm³/mol. The van der Waals surface area contributed by atoms with Crippen molar-refractivity contribution < 1.29 is 40.7 Å². The molecular formula is C27H34F6N4O3. The van der Waals surface area contributed by atoms with Crippen LogP contribution in [0, 0.1) is 0 Å². The molecule has 40 heavy (non-hydrogen) atoms. The van der Waals surface area contributed by atoms with Gasteiger partial charge >= 0.3 is 12.4 Å². The second kappa shape index (κ2) is 12.0. The number of amides is 3. The average molecular weight is 577 g/mol. The van der Waals surface area contributed by atoms with Gasteiger partial charge in [0.25, 0.3) is 5.91 Å². The summed E-state index contributed by atoms with van der Waals surface area (Å²) in [6.45, 7) is -0.0416. The topological polar surface area (TPSA) is 90.5 Å². The summed E-state index contributed by atoms with van der Waals surface area (Å²) in [4.78, 5) is 38.6. The van der Waals surface area contributed by atoms with Crippen LogP contribution in [0.5, 0.6) is 0 Å². The Kier molecular flexibility index (Phi) is 9.01. The second-order valence-corrected chi connectivity index (χ2v) is 11.1. The molecule has 1 atom stereocenters. The minimum atomic E-state index is -4.25. The zero-order chi connectivity index (χ0) is 29.1. The summed E-state index contributed by atoms with van der Waals surface area (Å²) < 4.78 is 75.9. The number of carbonyl (C=O) groups excluding carboxylic acids is 3. The molecule has 2 aliphatic heterocycles. The maximum atomic E-state index is 13.2. The molecule has 1 saturated carbocycles. The smallest absolute Gasteiger partial charge is 0.379 e. The Morgan fingerprint density at radius 2 is 1.65 bits per heavy atom. The molecule has 1 aromatic rings.